The zero-order chi connectivity index (χ0) is 11.6. The number of amides is 1. The number of aromatic nitrogens is 1. The molecule has 0 unspecified atom stereocenters. The molecule has 102 valence electrons. The van der Waals surface area contributed by atoms with Crippen LogP contribution in [-0.2, 0) is 0 Å². The van der Waals surface area contributed by atoms with Crippen molar-refractivity contribution in [3.8, 4) is 0 Å². The highest BCUT2D eigenvalue weighted by molar-refractivity contribution is 9.10. The number of nitrogens with two attached hydrogens (primary N) is 1. The van der Waals surface area contributed by atoms with Gasteiger partial charge in [0.05, 0.1) is 5.56 Å². The highest BCUT2D eigenvalue weighted by Gasteiger charge is 2.32. The maximum Gasteiger partial charge on any atom is 0.252 e. The Morgan fingerprint density at radius 3 is 2.61 bits per heavy atom. The maximum atomic E-state index is 11.8. The van der Waals surface area contributed by atoms with Gasteiger partial charge in [-0.1, -0.05) is 0 Å². The molecule has 0 spiro atoms. The average Bonchev–Trinajstić information content (AvgIpc) is 2.23. The van der Waals surface area contributed by atoms with E-state index in [9.17, 15) is 4.79 Å². The Hall–Kier alpha value is -0.360. The molecule has 0 atom stereocenters. The lowest BCUT2D eigenvalue weighted by Crippen LogP contribution is -2.54. The van der Waals surface area contributed by atoms with Crippen molar-refractivity contribution in [1.29, 1.82) is 0 Å². The quantitative estimate of drug-likeness (QED) is 0.873. The second-order valence-electron chi connectivity index (χ2n) is 4.29. The Kier molecular flexibility index (Phi) is 7.14. The highest BCUT2D eigenvalue weighted by atomic mass is 79.9. The van der Waals surface area contributed by atoms with Crippen LogP contribution in [0.4, 0.5) is 0 Å². The normalized spacial score (nSPS) is 15.7. The minimum Gasteiger partial charge on any atom is -0.350 e. The van der Waals surface area contributed by atoms with E-state index in [0.717, 1.165) is 23.7 Å². The van der Waals surface area contributed by atoms with Crippen molar-refractivity contribution >= 4 is 46.7 Å². The number of carbonyl (C=O) groups excluding carboxylic acids is 1. The molecule has 18 heavy (non-hydrogen) atoms. The minimum atomic E-state index is -0.185. The summed E-state index contributed by atoms with van der Waals surface area (Å²) in [6.45, 7) is 0.540. The largest absolute Gasteiger partial charge is 0.350 e. The van der Waals surface area contributed by atoms with E-state index in [4.69, 9.17) is 5.73 Å². The van der Waals surface area contributed by atoms with Crippen LogP contribution in [0.15, 0.2) is 22.9 Å². The predicted octanol–water partition coefficient (Wildman–Crippen LogP) is 2.30. The first-order valence-electron chi connectivity index (χ1n) is 5.27. The van der Waals surface area contributed by atoms with Crippen LogP contribution >= 0.6 is 40.7 Å². The zero-order valence-corrected chi connectivity index (χ0v) is 12.9. The van der Waals surface area contributed by atoms with Gasteiger partial charge in [-0.2, -0.15) is 0 Å². The van der Waals surface area contributed by atoms with Gasteiger partial charge in [-0.15, -0.1) is 24.8 Å². The molecule has 0 aliphatic heterocycles. The summed E-state index contributed by atoms with van der Waals surface area (Å²) in [5.41, 5.74) is 6.39. The van der Waals surface area contributed by atoms with Crippen LogP contribution in [0.5, 0.6) is 0 Å². The Bertz CT molecular complexity index is 413. The molecule has 4 nitrogen and oxygen atoms in total. The number of halogens is 3. The van der Waals surface area contributed by atoms with Crippen LogP contribution in [0.25, 0.3) is 0 Å². The van der Waals surface area contributed by atoms with Crippen LogP contribution in [0.3, 0.4) is 0 Å². The van der Waals surface area contributed by atoms with Gasteiger partial charge in [0.15, 0.2) is 0 Å². The Morgan fingerprint density at radius 2 is 2.11 bits per heavy atom. The Morgan fingerprint density at radius 1 is 1.44 bits per heavy atom. The Labute approximate surface area is 127 Å². The van der Waals surface area contributed by atoms with Gasteiger partial charge in [-0.05, 0) is 41.3 Å². The lowest BCUT2D eigenvalue weighted by Gasteiger charge is -2.38. The van der Waals surface area contributed by atoms with Gasteiger partial charge in [0.2, 0.25) is 0 Å². The summed E-state index contributed by atoms with van der Waals surface area (Å²) < 4.78 is 0.797. The van der Waals surface area contributed by atoms with Gasteiger partial charge in [-0.3, -0.25) is 9.78 Å². The number of nitrogens with one attached hydrogen (secondary N) is 1. The summed E-state index contributed by atoms with van der Waals surface area (Å²) in [6.07, 6.45) is 6.33. The van der Waals surface area contributed by atoms with Crippen molar-refractivity contribution in [3.05, 3.63) is 28.5 Å². The van der Waals surface area contributed by atoms with Crippen molar-refractivity contribution in [2.24, 2.45) is 5.73 Å². The van der Waals surface area contributed by atoms with Crippen molar-refractivity contribution in [2.75, 3.05) is 6.54 Å². The van der Waals surface area contributed by atoms with Gasteiger partial charge in [0.1, 0.15) is 0 Å². The second kappa shape index (κ2) is 7.28. The van der Waals surface area contributed by atoms with E-state index >= 15 is 0 Å². The molecule has 7 heteroatoms. The van der Waals surface area contributed by atoms with Crippen molar-refractivity contribution in [1.82, 2.24) is 10.3 Å². The van der Waals surface area contributed by atoms with Crippen molar-refractivity contribution in [3.63, 3.8) is 0 Å². The molecule has 1 aromatic heterocycles. The summed E-state index contributed by atoms with van der Waals surface area (Å²) in [6, 6.07) is 1.74. The van der Waals surface area contributed by atoms with E-state index in [2.05, 4.69) is 26.2 Å². The summed E-state index contributed by atoms with van der Waals surface area (Å²) >= 11 is 3.28. The number of hydrogen-bond acceptors (Lipinski definition) is 3. The van der Waals surface area contributed by atoms with E-state index in [-0.39, 0.29) is 36.3 Å². The first-order valence-corrected chi connectivity index (χ1v) is 6.06. The first-order chi connectivity index (χ1) is 7.59. The molecule has 2 rings (SSSR count). The van der Waals surface area contributed by atoms with Gasteiger partial charge < -0.3 is 11.1 Å². The summed E-state index contributed by atoms with van der Waals surface area (Å²) in [7, 11) is 0. The standard InChI is InChI=1S/C11H14BrN3O.2ClH/c12-9-4-8(5-14-6-9)10(16)15-7-11(13)2-1-3-11;;/h4-6H,1-3,7,13H2,(H,15,16);2*1H. The molecular formula is C11H16BrCl2N3O. The third-order valence-corrected chi connectivity index (χ3v) is 3.35. The van der Waals surface area contributed by atoms with Crippen LogP contribution in [0.2, 0.25) is 0 Å². The molecule has 1 heterocycles. The molecule has 0 saturated heterocycles. The van der Waals surface area contributed by atoms with Crippen molar-refractivity contribution < 1.29 is 4.79 Å². The zero-order valence-electron chi connectivity index (χ0n) is 9.69. The number of rotatable bonds is 3. The molecule has 0 bridgehead atoms. The van der Waals surface area contributed by atoms with E-state index in [0.29, 0.717) is 12.1 Å². The summed E-state index contributed by atoms with van der Waals surface area (Å²) in [4.78, 5) is 15.7. The number of nitrogens with zero attached hydrogens (tertiary/aromatic N) is 1. The molecule has 0 radical (unpaired) electrons. The van der Waals surface area contributed by atoms with Gasteiger partial charge in [0, 0.05) is 29.0 Å². The van der Waals surface area contributed by atoms with E-state index in [1.165, 1.54) is 0 Å². The van der Waals surface area contributed by atoms with Crippen LogP contribution in [0, 0.1) is 0 Å². The summed E-state index contributed by atoms with van der Waals surface area (Å²) in [5.74, 6) is -0.120. The van der Waals surface area contributed by atoms with Gasteiger partial charge in [-0.25, -0.2) is 0 Å². The smallest absolute Gasteiger partial charge is 0.252 e. The van der Waals surface area contributed by atoms with Crippen LogP contribution in [-0.4, -0.2) is 23.0 Å². The molecule has 3 N–H and O–H groups in total. The molecule has 1 fully saturated rings. The third-order valence-electron chi connectivity index (χ3n) is 2.92. The summed E-state index contributed by atoms with van der Waals surface area (Å²) in [5, 5.41) is 2.84. The molecule has 1 amide bonds. The first kappa shape index (κ1) is 17.6. The third kappa shape index (κ3) is 4.39. The Balaban J connectivity index is 0.00000144. The van der Waals surface area contributed by atoms with Crippen LogP contribution in [0.1, 0.15) is 29.6 Å². The maximum absolute atomic E-state index is 11.8. The lowest BCUT2D eigenvalue weighted by molar-refractivity contribution is 0.0929. The van der Waals surface area contributed by atoms with Crippen molar-refractivity contribution in [2.45, 2.75) is 24.8 Å². The fourth-order valence-electron chi connectivity index (χ4n) is 1.70. The molecule has 1 aliphatic carbocycles. The molecular weight excluding hydrogens is 341 g/mol. The highest BCUT2D eigenvalue weighted by Crippen LogP contribution is 2.28. The fraction of sp³-hybridized carbons (Fsp3) is 0.455. The minimum absolute atomic E-state index is 0. The molecule has 0 aromatic carbocycles. The molecule has 1 saturated carbocycles. The van der Waals surface area contributed by atoms with E-state index in [1.807, 2.05) is 0 Å². The SMILES string of the molecule is Cl.Cl.NC1(CNC(=O)c2cncc(Br)c2)CCC1. The number of carbonyl (C=O) groups is 1. The second-order valence-corrected chi connectivity index (χ2v) is 5.21. The van der Waals surface area contributed by atoms with Crippen LogP contribution < -0.4 is 11.1 Å². The van der Waals surface area contributed by atoms with Gasteiger partial charge in [0.25, 0.3) is 5.91 Å². The number of pyridine rings is 1. The fourth-order valence-corrected chi connectivity index (χ4v) is 2.07. The topological polar surface area (TPSA) is 68.0 Å². The molecule has 1 aliphatic rings. The lowest BCUT2D eigenvalue weighted by atomic mass is 9.78. The average molecular weight is 357 g/mol. The number of hydrogen-bond donors (Lipinski definition) is 2. The predicted molar refractivity (Wildman–Crippen MR) is 79.5 cm³/mol. The molecule has 1 aromatic rings. The monoisotopic (exact) mass is 355 g/mol. The van der Waals surface area contributed by atoms with E-state index < -0.39 is 0 Å². The van der Waals surface area contributed by atoms with Gasteiger partial charge >= 0.3 is 0 Å². The van der Waals surface area contributed by atoms with E-state index in [1.54, 1.807) is 18.5 Å².